The molecule has 0 fully saturated rings. The van der Waals surface area contributed by atoms with Crippen molar-refractivity contribution in [1.29, 1.82) is 0 Å². The Morgan fingerprint density at radius 2 is 2.10 bits per heavy atom. The van der Waals surface area contributed by atoms with E-state index in [1.807, 2.05) is 19.1 Å². The van der Waals surface area contributed by atoms with Crippen LogP contribution in [0.25, 0.3) is 0 Å². The standard InChI is InChI=1S/C16H19N3O/c1-11-15(10-18-19-11)9-17-16(20)14-7-6-12-4-2-3-5-13(12)8-14/h6-8,10H,2-5,9H2,1H3,(H,17,20)(H,18,19). The molecule has 0 saturated carbocycles. The van der Waals surface area contributed by atoms with E-state index in [4.69, 9.17) is 0 Å². The third-order valence-corrected chi connectivity index (χ3v) is 3.98. The predicted molar refractivity (Wildman–Crippen MR) is 77.6 cm³/mol. The summed E-state index contributed by atoms with van der Waals surface area (Å²) in [5.41, 5.74) is 5.51. The molecule has 1 heterocycles. The van der Waals surface area contributed by atoms with Gasteiger partial charge in [0.25, 0.3) is 5.91 Å². The van der Waals surface area contributed by atoms with Crippen LogP contribution in [0.1, 0.15) is 45.6 Å². The Labute approximate surface area is 118 Å². The minimum Gasteiger partial charge on any atom is -0.348 e. The van der Waals surface area contributed by atoms with Gasteiger partial charge in [-0.2, -0.15) is 5.10 Å². The van der Waals surface area contributed by atoms with Crippen LogP contribution in [-0.4, -0.2) is 16.1 Å². The van der Waals surface area contributed by atoms with Crippen LogP contribution in [0.5, 0.6) is 0 Å². The molecule has 1 amide bonds. The first-order valence-electron chi connectivity index (χ1n) is 7.13. The SMILES string of the molecule is Cc1[nH]ncc1CNC(=O)c1ccc2c(c1)CCCC2. The van der Waals surface area contributed by atoms with Crippen LogP contribution in [0.4, 0.5) is 0 Å². The Morgan fingerprint density at radius 1 is 1.30 bits per heavy atom. The van der Waals surface area contributed by atoms with Crippen molar-refractivity contribution in [2.45, 2.75) is 39.2 Å². The maximum atomic E-state index is 12.2. The summed E-state index contributed by atoms with van der Waals surface area (Å²) >= 11 is 0. The first kappa shape index (κ1) is 12.9. The van der Waals surface area contributed by atoms with Gasteiger partial charge in [-0.25, -0.2) is 0 Å². The molecule has 20 heavy (non-hydrogen) atoms. The molecule has 0 saturated heterocycles. The molecule has 4 nitrogen and oxygen atoms in total. The van der Waals surface area contributed by atoms with Gasteiger partial charge in [-0.1, -0.05) is 6.07 Å². The lowest BCUT2D eigenvalue weighted by atomic mass is 9.90. The Balaban J connectivity index is 1.69. The smallest absolute Gasteiger partial charge is 0.251 e. The number of nitrogens with zero attached hydrogens (tertiary/aromatic N) is 1. The number of carbonyl (C=O) groups is 1. The van der Waals surface area contributed by atoms with Crippen LogP contribution < -0.4 is 5.32 Å². The highest BCUT2D eigenvalue weighted by atomic mass is 16.1. The fourth-order valence-electron chi connectivity index (χ4n) is 2.71. The largest absolute Gasteiger partial charge is 0.348 e. The van der Waals surface area contributed by atoms with Gasteiger partial charge >= 0.3 is 0 Å². The number of rotatable bonds is 3. The van der Waals surface area contributed by atoms with E-state index in [1.54, 1.807) is 6.20 Å². The van der Waals surface area contributed by atoms with E-state index in [9.17, 15) is 4.79 Å². The van der Waals surface area contributed by atoms with E-state index in [-0.39, 0.29) is 5.91 Å². The Bertz CT molecular complexity index is 630. The summed E-state index contributed by atoms with van der Waals surface area (Å²) in [6.45, 7) is 2.46. The van der Waals surface area contributed by atoms with Crippen molar-refractivity contribution < 1.29 is 4.79 Å². The maximum Gasteiger partial charge on any atom is 0.251 e. The molecule has 3 rings (SSSR count). The van der Waals surface area contributed by atoms with Gasteiger partial charge in [0.1, 0.15) is 0 Å². The van der Waals surface area contributed by atoms with E-state index in [1.165, 1.54) is 24.0 Å². The second-order valence-electron chi connectivity index (χ2n) is 5.39. The number of fused-ring (bicyclic) bond motifs is 1. The number of nitrogens with one attached hydrogen (secondary N) is 2. The van der Waals surface area contributed by atoms with Crippen molar-refractivity contribution in [1.82, 2.24) is 15.5 Å². The molecule has 0 unspecified atom stereocenters. The van der Waals surface area contributed by atoms with Crippen molar-refractivity contribution in [2.24, 2.45) is 0 Å². The van der Waals surface area contributed by atoms with Crippen molar-refractivity contribution in [3.63, 3.8) is 0 Å². The normalized spacial score (nSPS) is 13.8. The molecular formula is C16H19N3O. The van der Waals surface area contributed by atoms with E-state index < -0.39 is 0 Å². The fourth-order valence-corrected chi connectivity index (χ4v) is 2.71. The van der Waals surface area contributed by atoms with Gasteiger partial charge in [0.15, 0.2) is 0 Å². The summed E-state index contributed by atoms with van der Waals surface area (Å²) in [5.74, 6) is -0.0148. The number of carbonyl (C=O) groups excluding carboxylic acids is 1. The first-order valence-corrected chi connectivity index (χ1v) is 7.13. The summed E-state index contributed by atoms with van der Waals surface area (Å²) in [6.07, 6.45) is 6.48. The molecule has 4 heteroatoms. The lowest BCUT2D eigenvalue weighted by Gasteiger charge is -2.16. The highest BCUT2D eigenvalue weighted by molar-refractivity contribution is 5.94. The van der Waals surface area contributed by atoms with Gasteiger partial charge in [-0.3, -0.25) is 9.89 Å². The fraction of sp³-hybridized carbons (Fsp3) is 0.375. The molecule has 1 aliphatic carbocycles. The summed E-state index contributed by atoms with van der Waals surface area (Å²) in [4.78, 5) is 12.2. The Kier molecular flexibility index (Phi) is 3.54. The van der Waals surface area contributed by atoms with Gasteiger partial charge in [-0.15, -0.1) is 0 Å². The average molecular weight is 269 g/mol. The van der Waals surface area contributed by atoms with Crippen LogP contribution in [-0.2, 0) is 19.4 Å². The predicted octanol–water partition coefficient (Wildman–Crippen LogP) is 2.53. The molecule has 0 aliphatic heterocycles. The Hall–Kier alpha value is -2.10. The first-order chi connectivity index (χ1) is 9.74. The number of aromatic amines is 1. The van der Waals surface area contributed by atoms with Crippen molar-refractivity contribution in [3.8, 4) is 0 Å². The lowest BCUT2D eigenvalue weighted by Crippen LogP contribution is -2.23. The number of H-pyrrole nitrogens is 1. The minimum absolute atomic E-state index is 0.0148. The number of hydrogen-bond acceptors (Lipinski definition) is 2. The maximum absolute atomic E-state index is 12.2. The zero-order valence-electron chi connectivity index (χ0n) is 11.7. The second kappa shape index (κ2) is 5.49. The molecule has 1 aromatic carbocycles. The van der Waals surface area contributed by atoms with Gasteiger partial charge in [0.05, 0.1) is 6.20 Å². The molecule has 104 valence electrons. The number of hydrogen-bond donors (Lipinski definition) is 2. The van der Waals surface area contributed by atoms with Crippen LogP contribution in [0.3, 0.4) is 0 Å². The third-order valence-electron chi connectivity index (χ3n) is 3.98. The zero-order valence-corrected chi connectivity index (χ0v) is 11.7. The summed E-state index contributed by atoms with van der Waals surface area (Å²) in [7, 11) is 0. The highest BCUT2D eigenvalue weighted by Crippen LogP contribution is 2.22. The van der Waals surface area contributed by atoms with Gasteiger partial charge < -0.3 is 5.32 Å². The van der Waals surface area contributed by atoms with Gasteiger partial charge in [0, 0.05) is 23.4 Å². The van der Waals surface area contributed by atoms with Gasteiger partial charge in [0.2, 0.25) is 0 Å². The van der Waals surface area contributed by atoms with Crippen LogP contribution in [0.2, 0.25) is 0 Å². The molecule has 0 radical (unpaired) electrons. The zero-order chi connectivity index (χ0) is 13.9. The summed E-state index contributed by atoms with van der Waals surface area (Å²) in [5, 5.41) is 9.78. The topological polar surface area (TPSA) is 57.8 Å². The third kappa shape index (κ3) is 2.59. The summed E-state index contributed by atoms with van der Waals surface area (Å²) in [6, 6.07) is 6.08. The highest BCUT2D eigenvalue weighted by Gasteiger charge is 2.13. The van der Waals surface area contributed by atoms with Crippen LogP contribution >= 0.6 is 0 Å². The van der Waals surface area contributed by atoms with E-state index in [2.05, 4.69) is 21.6 Å². The van der Waals surface area contributed by atoms with Crippen LogP contribution in [0.15, 0.2) is 24.4 Å². The molecule has 0 atom stereocenters. The van der Waals surface area contributed by atoms with Crippen molar-refractivity contribution >= 4 is 5.91 Å². The quantitative estimate of drug-likeness (QED) is 0.899. The minimum atomic E-state index is -0.0148. The molecule has 1 aliphatic rings. The van der Waals surface area contributed by atoms with E-state index in [0.29, 0.717) is 6.54 Å². The average Bonchev–Trinajstić information content (AvgIpc) is 2.89. The Morgan fingerprint density at radius 3 is 2.85 bits per heavy atom. The van der Waals surface area contributed by atoms with E-state index in [0.717, 1.165) is 29.7 Å². The van der Waals surface area contributed by atoms with Gasteiger partial charge in [-0.05, 0) is 55.9 Å². The van der Waals surface area contributed by atoms with Crippen molar-refractivity contribution in [2.75, 3.05) is 0 Å². The van der Waals surface area contributed by atoms with Crippen LogP contribution in [0, 0.1) is 6.92 Å². The van der Waals surface area contributed by atoms with Crippen molar-refractivity contribution in [3.05, 3.63) is 52.3 Å². The molecule has 0 spiro atoms. The molecule has 0 bridgehead atoms. The number of aryl methyl sites for hydroxylation is 3. The molecule has 2 N–H and O–H groups in total. The lowest BCUT2D eigenvalue weighted by molar-refractivity contribution is 0.0950. The monoisotopic (exact) mass is 269 g/mol. The second-order valence-corrected chi connectivity index (χ2v) is 5.39. The number of amides is 1. The number of benzene rings is 1. The molecular weight excluding hydrogens is 250 g/mol. The van der Waals surface area contributed by atoms with E-state index >= 15 is 0 Å². The summed E-state index contributed by atoms with van der Waals surface area (Å²) < 4.78 is 0. The molecule has 2 aromatic rings. The number of aromatic nitrogens is 2. The molecule has 1 aromatic heterocycles.